The third kappa shape index (κ3) is 3.69. The number of aliphatic hydroxyl groups is 1. The molecule has 0 aromatic carbocycles. The zero-order valence-corrected chi connectivity index (χ0v) is 20.2. The van der Waals surface area contributed by atoms with Crippen LogP contribution >= 0.6 is 0 Å². The van der Waals surface area contributed by atoms with Gasteiger partial charge in [0.05, 0.1) is 0 Å². The van der Waals surface area contributed by atoms with Gasteiger partial charge in [-0.2, -0.15) is 0 Å². The van der Waals surface area contributed by atoms with Crippen LogP contribution in [0.2, 0.25) is 0 Å². The van der Waals surface area contributed by atoms with Crippen LogP contribution in [-0.4, -0.2) is 34.9 Å². The zero-order chi connectivity index (χ0) is 23.3. The van der Waals surface area contributed by atoms with Crippen molar-refractivity contribution in [3.63, 3.8) is 0 Å². The molecule has 1 N–H and O–H groups in total. The number of carbonyl (C=O) groups excluding carboxylic acids is 3. The number of esters is 1. The number of ketones is 2. The number of Topliss-reactive ketones (excluding diaryl/α,β-unsaturated/α-hetero) is 1. The first-order chi connectivity index (χ1) is 15.1. The molecular formula is C27H40O5. The Labute approximate surface area is 192 Å². The molecular weight excluding hydrogens is 404 g/mol. The van der Waals surface area contributed by atoms with E-state index < -0.39 is 18.2 Å². The van der Waals surface area contributed by atoms with Crippen LogP contribution in [0, 0.1) is 34.5 Å². The first-order valence-corrected chi connectivity index (χ1v) is 12.8. The van der Waals surface area contributed by atoms with E-state index in [1.54, 1.807) is 6.92 Å². The Kier molecular flexibility index (Phi) is 6.43. The van der Waals surface area contributed by atoms with E-state index >= 15 is 0 Å². The molecule has 0 amide bonds. The minimum atomic E-state index is -1.12. The Bertz CT molecular complexity index is 815. The molecule has 4 rings (SSSR count). The van der Waals surface area contributed by atoms with Gasteiger partial charge in [0, 0.05) is 17.8 Å². The normalized spacial score (nSPS) is 41.7. The highest BCUT2D eigenvalue weighted by molar-refractivity contribution is 5.92. The Hall–Kier alpha value is -1.49. The van der Waals surface area contributed by atoms with Crippen LogP contribution in [-0.2, 0) is 19.1 Å². The minimum absolute atomic E-state index is 0.0231. The SMILES string of the molecule is CCCCC(O)C(=O)OC1CC(=O)C=C2CC[C@H]3[C@@H]4CC[C@H](C(C)=O)[C@@]4(C)CC[C@@H]3[C@]21C. The molecule has 3 fully saturated rings. The lowest BCUT2D eigenvalue weighted by Crippen LogP contribution is -2.56. The van der Waals surface area contributed by atoms with Crippen LogP contribution in [0.4, 0.5) is 0 Å². The highest BCUT2D eigenvalue weighted by Gasteiger charge is 2.62. The number of unbranched alkanes of at least 4 members (excludes halogenated alkanes) is 1. The zero-order valence-electron chi connectivity index (χ0n) is 20.2. The van der Waals surface area contributed by atoms with E-state index in [4.69, 9.17) is 4.74 Å². The summed E-state index contributed by atoms with van der Waals surface area (Å²) in [4.78, 5) is 37.6. The maximum Gasteiger partial charge on any atom is 0.335 e. The van der Waals surface area contributed by atoms with Crippen LogP contribution in [0.25, 0.3) is 0 Å². The van der Waals surface area contributed by atoms with Gasteiger partial charge in [0.2, 0.25) is 0 Å². The van der Waals surface area contributed by atoms with Crippen molar-refractivity contribution in [3.8, 4) is 0 Å². The number of hydrogen-bond acceptors (Lipinski definition) is 5. The van der Waals surface area contributed by atoms with E-state index in [1.165, 1.54) is 0 Å². The topological polar surface area (TPSA) is 80.7 Å². The summed E-state index contributed by atoms with van der Waals surface area (Å²) in [6.07, 6.45) is 8.44. The summed E-state index contributed by atoms with van der Waals surface area (Å²) in [6.45, 7) is 8.29. The first kappa shape index (κ1) is 23.7. The highest BCUT2D eigenvalue weighted by atomic mass is 16.6. The van der Waals surface area contributed by atoms with Crippen molar-refractivity contribution >= 4 is 17.5 Å². The molecule has 0 saturated heterocycles. The molecule has 0 radical (unpaired) electrons. The molecule has 0 spiro atoms. The Morgan fingerprint density at radius 2 is 1.94 bits per heavy atom. The smallest absolute Gasteiger partial charge is 0.335 e. The first-order valence-electron chi connectivity index (χ1n) is 12.8. The summed E-state index contributed by atoms with van der Waals surface area (Å²) in [5, 5.41) is 10.3. The van der Waals surface area contributed by atoms with Gasteiger partial charge >= 0.3 is 5.97 Å². The van der Waals surface area contributed by atoms with E-state index in [9.17, 15) is 19.5 Å². The Balaban J connectivity index is 1.61. The van der Waals surface area contributed by atoms with Crippen molar-refractivity contribution < 1.29 is 24.2 Å². The number of ether oxygens (including phenoxy) is 1. The maximum atomic E-state index is 12.7. The van der Waals surface area contributed by atoms with Crippen LogP contribution in [0.1, 0.15) is 91.9 Å². The summed E-state index contributed by atoms with van der Waals surface area (Å²) in [5.41, 5.74) is 0.824. The standard InChI is InChI=1S/C27H40O5/c1-5-6-7-23(30)25(31)32-24-15-18(29)14-17-8-9-19-21-11-10-20(16(2)28)26(21,3)13-12-22(19)27(17,24)4/h14,19-24,30H,5-13,15H2,1-4H3/t19-,20+,21-,22-,23?,24?,26+,27-/m0/s1. The molecule has 2 unspecified atom stereocenters. The molecule has 4 aliphatic carbocycles. The van der Waals surface area contributed by atoms with E-state index in [1.807, 2.05) is 13.0 Å². The summed E-state index contributed by atoms with van der Waals surface area (Å²) >= 11 is 0. The van der Waals surface area contributed by atoms with E-state index in [0.717, 1.165) is 56.9 Å². The number of rotatable bonds is 6. The fourth-order valence-electron chi connectivity index (χ4n) is 8.15. The summed E-state index contributed by atoms with van der Waals surface area (Å²) in [5.74, 6) is 1.26. The van der Waals surface area contributed by atoms with Gasteiger partial charge in [-0.05, 0) is 81.1 Å². The largest absolute Gasteiger partial charge is 0.459 e. The average Bonchev–Trinajstić information content (AvgIpc) is 3.10. The van der Waals surface area contributed by atoms with Gasteiger partial charge < -0.3 is 9.84 Å². The lowest BCUT2D eigenvalue weighted by Gasteiger charge is -2.59. The minimum Gasteiger partial charge on any atom is -0.459 e. The van der Waals surface area contributed by atoms with Gasteiger partial charge in [-0.25, -0.2) is 4.79 Å². The third-order valence-electron chi connectivity index (χ3n) is 9.89. The Morgan fingerprint density at radius 3 is 2.62 bits per heavy atom. The van der Waals surface area contributed by atoms with Crippen molar-refractivity contribution in [2.24, 2.45) is 34.5 Å². The molecule has 32 heavy (non-hydrogen) atoms. The molecule has 4 aliphatic rings. The number of hydrogen-bond donors (Lipinski definition) is 1. The van der Waals surface area contributed by atoms with Crippen LogP contribution in [0.3, 0.4) is 0 Å². The molecule has 5 nitrogen and oxygen atoms in total. The van der Waals surface area contributed by atoms with Gasteiger partial charge in [0.15, 0.2) is 11.9 Å². The maximum absolute atomic E-state index is 12.7. The quantitative estimate of drug-likeness (QED) is 0.596. The van der Waals surface area contributed by atoms with Gasteiger partial charge in [0.1, 0.15) is 11.9 Å². The second kappa shape index (κ2) is 8.70. The summed E-state index contributed by atoms with van der Waals surface area (Å²) in [7, 11) is 0. The summed E-state index contributed by atoms with van der Waals surface area (Å²) < 4.78 is 5.93. The van der Waals surface area contributed by atoms with E-state index in [2.05, 4.69) is 13.8 Å². The third-order valence-corrected chi connectivity index (χ3v) is 9.89. The van der Waals surface area contributed by atoms with Crippen molar-refractivity contribution in [1.29, 1.82) is 0 Å². The molecule has 5 heteroatoms. The van der Waals surface area contributed by atoms with Crippen molar-refractivity contribution in [2.75, 3.05) is 0 Å². The van der Waals surface area contributed by atoms with Crippen molar-refractivity contribution in [3.05, 3.63) is 11.6 Å². The van der Waals surface area contributed by atoms with Gasteiger partial charge in [0.25, 0.3) is 0 Å². The molecule has 0 bridgehead atoms. The van der Waals surface area contributed by atoms with E-state index in [-0.39, 0.29) is 29.0 Å². The monoisotopic (exact) mass is 444 g/mol. The number of carbonyl (C=O) groups is 3. The molecule has 3 saturated carbocycles. The average molecular weight is 445 g/mol. The van der Waals surface area contributed by atoms with Crippen LogP contribution < -0.4 is 0 Å². The van der Waals surface area contributed by atoms with Crippen molar-refractivity contribution in [2.45, 2.75) is 104 Å². The van der Waals surface area contributed by atoms with Gasteiger partial charge in [-0.1, -0.05) is 39.2 Å². The molecule has 8 atom stereocenters. The predicted molar refractivity (Wildman–Crippen MR) is 122 cm³/mol. The second-order valence-corrected chi connectivity index (χ2v) is 11.4. The van der Waals surface area contributed by atoms with Crippen molar-refractivity contribution in [1.82, 2.24) is 0 Å². The number of fused-ring (bicyclic) bond motifs is 5. The lowest BCUT2D eigenvalue weighted by atomic mass is 9.46. The summed E-state index contributed by atoms with van der Waals surface area (Å²) in [6, 6.07) is 0. The second-order valence-electron chi connectivity index (χ2n) is 11.4. The fraction of sp³-hybridized carbons (Fsp3) is 0.815. The molecule has 0 heterocycles. The fourth-order valence-corrected chi connectivity index (χ4v) is 8.15. The lowest BCUT2D eigenvalue weighted by molar-refractivity contribution is -0.175. The predicted octanol–water partition coefficient (Wildman–Crippen LogP) is 4.80. The van der Waals surface area contributed by atoms with Gasteiger partial charge in [-0.15, -0.1) is 0 Å². The Morgan fingerprint density at radius 1 is 1.19 bits per heavy atom. The molecule has 0 aliphatic heterocycles. The molecule has 178 valence electrons. The van der Waals surface area contributed by atoms with Gasteiger partial charge in [-0.3, -0.25) is 9.59 Å². The molecule has 0 aromatic heterocycles. The van der Waals surface area contributed by atoms with Crippen LogP contribution in [0.15, 0.2) is 11.6 Å². The number of aliphatic hydroxyl groups excluding tert-OH is 1. The van der Waals surface area contributed by atoms with Crippen LogP contribution in [0.5, 0.6) is 0 Å². The van der Waals surface area contributed by atoms with E-state index in [0.29, 0.717) is 30.0 Å². The molecule has 0 aromatic rings. The highest BCUT2D eigenvalue weighted by Crippen LogP contribution is 2.67.